The van der Waals surface area contributed by atoms with E-state index in [2.05, 4.69) is 5.32 Å². The number of carbonyl (C=O) groups excluding carboxylic acids is 1. The van der Waals surface area contributed by atoms with E-state index in [4.69, 9.17) is 9.15 Å². The van der Waals surface area contributed by atoms with Crippen LogP contribution in [0.2, 0.25) is 0 Å². The topological polar surface area (TPSA) is 71.7 Å². The molecule has 5 heteroatoms. The molecule has 2 N–H and O–H groups in total. The van der Waals surface area contributed by atoms with E-state index in [1.807, 2.05) is 0 Å². The predicted octanol–water partition coefficient (Wildman–Crippen LogP) is 0.159. The molecule has 82 valence electrons. The third-order valence-corrected chi connectivity index (χ3v) is 2.43. The fraction of sp³-hybridized carbons (Fsp3) is 0.500. The van der Waals surface area contributed by atoms with Gasteiger partial charge in [0.1, 0.15) is 6.26 Å². The minimum Gasteiger partial charge on any atom is -0.472 e. The van der Waals surface area contributed by atoms with Crippen molar-refractivity contribution in [3.63, 3.8) is 0 Å². The zero-order valence-electron chi connectivity index (χ0n) is 8.18. The van der Waals surface area contributed by atoms with Crippen LogP contribution >= 0.6 is 0 Å². The molecule has 2 heterocycles. The first-order valence-electron chi connectivity index (χ1n) is 4.86. The number of furan rings is 1. The first-order chi connectivity index (χ1) is 7.27. The Bertz CT molecular complexity index is 322. The Labute approximate surface area is 87.0 Å². The molecule has 0 radical (unpaired) electrons. The number of hydrogen-bond acceptors (Lipinski definition) is 4. The number of nitrogens with one attached hydrogen (secondary N) is 1. The first-order valence-corrected chi connectivity index (χ1v) is 4.86. The van der Waals surface area contributed by atoms with Crippen LogP contribution in [0.4, 0.5) is 0 Å². The highest BCUT2D eigenvalue weighted by molar-refractivity contribution is 5.93. The molecule has 0 unspecified atom stereocenters. The van der Waals surface area contributed by atoms with Crippen molar-refractivity contribution in [2.45, 2.75) is 18.6 Å². The number of carbonyl (C=O) groups is 1. The van der Waals surface area contributed by atoms with Crippen molar-refractivity contribution >= 4 is 5.91 Å². The minimum atomic E-state index is -0.630. The van der Waals surface area contributed by atoms with Crippen molar-refractivity contribution in [1.82, 2.24) is 5.32 Å². The highest BCUT2D eigenvalue weighted by atomic mass is 16.5. The van der Waals surface area contributed by atoms with Gasteiger partial charge in [0.05, 0.1) is 30.6 Å². The van der Waals surface area contributed by atoms with Gasteiger partial charge in [0.15, 0.2) is 0 Å². The Kier molecular flexibility index (Phi) is 3.03. The summed E-state index contributed by atoms with van der Waals surface area (Å²) in [5.74, 6) is -0.227. The zero-order valence-corrected chi connectivity index (χ0v) is 8.18. The lowest BCUT2D eigenvalue weighted by atomic mass is 10.1. The highest BCUT2D eigenvalue weighted by Crippen LogP contribution is 2.09. The number of rotatable bonds is 2. The normalized spacial score (nSPS) is 26.2. The van der Waals surface area contributed by atoms with Crippen LogP contribution in [0.5, 0.6) is 0 Å². The number of aliphatic hydroxyl groups is 1. The van der Waals surface area contributed by atoms with Crippen LogP contribution in [0.3, 0.4) is 0 Å². The predicted molar refractivity (Wildman–Crippen MR) is 51.4 cm³/mol. The van der Waals surface area contributed by atoms with Gasteiger partial charge in [-0.15, -0.1) is 0 Å². The summed E-state index contributed by atoms with van der Waals surface area (Å²) in [6, 6.07) is 1.35. The summed E-state index contributed by atoms with van der Waals surface area (Å²) in [5, 5.41) is 12.3. The molecule has 0 aromatic carbocycles. The molecule has 1 aromatic heterocycles. The van der Waals surface area contributed by atoms with Crippen molar-refractivity contribution in [3.05, 3.63) is 24.2 Å². The van der Waals surface area contributed by atoms with Crippen LogP contribution in [0.1, 0.15) is 16.8 Å². The standard InChI is InChI=1S/C10H13NO4/c12-9-6-15-4-2-8(9)11-10(13)7-1-3-14-5-7/h1,3,5,8-9,12H,2,4,6H2,(H,11,13)/t8-,9-/m1/s1. The molecule has 0 aliphatic carbocycles. The van der Waals surface area contributed by atoms with Gasteiger partial charge < -0.3 is 19.6 Å². The molecule has 1 saturated heterocycles. The third-order valence-electron chi connectivity index (χ3n) is 2.43. The molecule has 1 fully saturated rings. The smallest absolute Gasteiger partial charge is 0.254 e. The second-order valence-electron chi connectivity index (χ2n) is 3.52. The zero-order chi connectivity index (χ0) is 10.7. The molecule has 1 aromatic rings. The lowest BCUT2D eigenvalue weighted by Crippen LogP contribution is -2.48. The molecule has 1 aliphatic heterocycles. The van der Waals surface area contributed by atoms with E-state index < -0.39 is 6.10 Å². The lowest BCUT2D eigenvalue weighted by Gasteiger charge is -2.28. The summed E-state index contributed by atoms with van der Waals surface area (Å²) in [4.78, 5) is 11.6. The Balaban J connectivity index is 1.93. The quantitative estimate of drug-likeness (QED) is 0.731. The maximum absolute atomic E-state index is 11.6. The van der Waals surface area contributed by atoms with Gasteiger partial charge in [-0.3, -0.25) is 4.79 Å². The van der Waals surface area contributed by atoms with Crippen LogP contribution in [-0.2, 0) is 4.74 Å². The summed E-state index contributed by atoms with van der Waals surface area (Å²) in [6.07, 6.45) is 2.82. The second-order valence-corrected chi connectivity index (χ2v) is 3.52. The van der Waals surface area contributed by atoms with Gasteiger partial charge in [0.2, 0.25) is 0 Å². The minimum absolute atomic E-state index is 0.227. The average Bonchev–Trinajstić information content (AvgIpc) is 2.74. The molecule has 0 bridgehead atoms. The Morgan fingerprint density at radius 3 is 3.13 bits per heavy atom. The molecule has 0 saturated carbocycles. The van der Waals surface area contributed by atoms with E-state index in [0.717, 1.165) is 0 Å². The molecule has 2 rings (SSSR count). The van der Waals surface area contributed by atoms with E-state index in [1.54, 1.807) is 6.07 Å². The van der Waals surface area contributed by atoms with Crippen LogP contribution in [0, 0.1) is 0 Å². The average molecular weight is 211 g/mol. The van der Waals surface area contributed by atoms with Gasteiger partial charge in [-0.05, 0) is 12.5 Å². The molecule has 2 atom stereocenters. The van der Waals surface area contributed by atoms with Crippen LogP contribution < -0.4 is 5.32 Å². The monoisotopic (exact) mass is 211 g/mol. The molecule has 1 aliphatic rings. The largest absolute Gasteiger partial charge is 0.472 e. The van der Waals surface area contributed by atoms with Crippen LogP contribution in [-0.4, -0.2) is 36.4 Å². The van der Waals surface area contributed by atoms with Gasteiger partial charge in [-0.2, -0.15) is 0 Å². The Morgan fingerprint density at radius 2 is 2.47 bits per heavy atom. The van der Waals surface area contributed by atoms with E-state index >= 15 is 0 Å². The molecular weight excluding hydrogens is 198 g/mol. The van der Waals surface area contributed by atoms with Gasteiger partial charge >= 0.3 is 0 Å². The van der Waals surface area contributed by atoms with Crippen molar-refractivity contribution < 1.29 is 19.1 Å². The van der Waals surface area contributed by atoms with Crippen LogP contribution in [0.15, 0.2) is 23.0 Å². The summed E-state index contributed by atoms with van der Waals surface area (Å²) in [5.41, 5.74) is 0.466. The highest BCUT2D eigenvalue weighted by Gasteiger charge is 2.25. The van der Waals surface area contributed by atoms with E-state index in [1.165, 1.54) is 12.5 Å². The SMILES string of the molecule is O=C(N[C@@H]1CCOC[C@H]1O)c1ccoc1. The maximum Gasteiger partial charge on any atom is 0.254 e. The third kappa shape index (κ3) is 2.37. The number of ether oxygens (including phenoxy) is 1. The molecule has 15 heavy (non-hydrogen) atoms. The molecular formula is C10H13NO4. The number of amides is 1. The summed E-state index contributed by atoms with van der Waals surface area (Å²) in [6.45, 7) is 0.837. The van der Waals surface area contributed by atoms with Crippen LogP contribution in [0.25, 0.3) is 0 Å². The Hall–Kier alpha value is -1.33. The van der Waals surface area contributed by atoms with Gasteiger partial charge in [-0.1, -0.05) is 0 Å². The molecule has 1 amide bonds. The van der Waals surface area contributed by atoms with E-state index in [0.29, 0.717) is 18.6 Å². The van der Waals surface area contributed by atoms with Crippen molar-refractivity contribution in [2.24, 2.45) is 0 Å². The summed E-state index contributed by atoms with van der Waals surface area (Å²) < 4.78 is 9.87. The number of hydrogen-bond donors (Lipinski definition) is 2. The van der Waals surface area contributed by atoms with E-state index in [-0.39, 0.29) is 18.6 Å². The van der Waals surface area contributed by atoms with E-state index in [9.17, 15) is 9.90 Å². The van der Waals surface area contributed by atoms with Crippen molar-refractivity contribution in [3.8, 4) is 0 Å². The maximum atomic E-state index is 11.6. The van der Waals surface area contributed by atoms with Gasteiger partial charge in [0.25, 0.3) is 5.91 Å². The Morgan fingerprint density at radius 1 is 1.60 bits per heavy atom. The number of aliphatic hydroxyl groups excluding tert-OH is 1. The van der Waals surface area contributed by atoms with Gasteiger partial charge in [0, 0.05) is 6.61 Å². The summed E-state index contributed by atoms with van der Waals surface area (Å²) in [7, 11) is 0. The van der Waals surface area contributed by atoms with Gasteiger partial charge in [-0.25, -0.2) is 0 Å². The fourth-order valence-electron chi connectivity index (χ4n) is 1.54. The summed E-state index contributed by atoms with van der Waals surface area (Å²) >= 11 is 0. The fourth-order valence-corrected chi connectivity index (χ4v) is 1.54. The molecule has 5 nitrogen and oxygen atoms in total. The lowest BCUT2D eigenvalue weighted by molar-refractivity contribution is -0.0260. The first kappa shape index (κ1) is 10.2. The second kappa shape index (κ2) is 4.46. The van der Waals surface area contributed by atoms with Crippen molar-refractivity contribution in [2.75, 3.05) is 13.2 Å². The van der Waals surface area contributed by atoms with Crippen molar-refractivity contribution in [1.29, 1.82) is 0 Å². The molecule has 0 spiro atoms.